The van der Waals surface area contributed by atoms with Crippen LogP contribution < -0.4 is 10.6 Å². The Hall–Kier alpha value is -2.76. The third kappa shape index (κ3) is 3.84. The van der Waals surface area contributed by atoms with E-state index in [1.807, 2.05) is 0 Å². The van der Waals surface area contributed by atoms with Crippen LogP contribution in [-0.4, -0.2) is 32.0 Å². The minimum Gasteiger partial charge on any atom is -0.382 e. The maximum absolute atomic E-state index is 4.52. The van der Waals surface area contributed by atoms with Crippen LogP contribution in [0.25, 0.3) is 11.0 Å². The molecule has 2 heterocycles. The van der Waals surface area contributed by atoms with Gasteiger partial charge in [0.1, 0.15) is 17.4 Å². The van der Waals surface area contributed by atoms with Crippen LogP contribution in [0.4, 0.5) is 11.6 Å². The minimum atomic E-state index is 0.373. The summed E-state index contributed by atoms with van der Waals surface area (Å²) in [6.45, 7) is 2.12. The van der Waals surface area contributed by atoms with E-state index in [0.717, 1.165) is 23.9 Å². The molecule has 1 fully saturated rings. The monoisotopic (exact) mass is 334 g/mol. The molecule has 1 aromatic carbocycles. The van der Waals surface area contributed by atoms with Crippen molar-refractivity contribution < 1.29 is 0 Å². The van der Waals surface area contributed by atoms with E-state index in [1.165, 1.54) is 30.4 Å². The molecule has 0 spiro atoms. The number of nitrogens with zero attached hydrogens (tertiary/aromatic N) is 4. The first-order chi connectivity index (χ1) is 12.3. The zero-order valence-electron chi connectivity index (χ0n) is 14.3. The average Bonchev–Trinajstić information content (AvgIpc) is 2.62. The van der Waals surface area contributed by atoms with Gasteiger partial charge in [0.15, 0.2) is 0 Å². The summed E-state index contributed by atoms with van der Waals surface area (Å²) >= 11 is 0. The number of hydrogen-bond donors (Lipinski definition) is 2. The first-order valence-electron chi connectivity index (χ1n) is 8.79. The lowest BCUT2D eigenvalue weighted by atomic mass is 9.91. The van der Waals surface area contributed by atoms with Gasteiger partial charge in [-0.3, -0.25) is 0 Å². The van der Waals surface area contributed by atoms with E-state index in [0.29, 0.717) is 18.0 Å². The fourth-order valence-corrected chi connectivity index (χ4v) is 3.46. The Morgan fingerprint density at radius 1 is 1.00 bits per heavy atom. The smallest absolute Gasteiger partial charge is 0.223 e. The number of anilines is 2. The molecule has 1 aliphatic carbocycles. The highest BCUT2D eigenvalue weighted by Gasteiger charge is 2.22. The Morgan fingerprint density at radius 2 is 1.88 bits per heavy atom. The van der Waals surface area contributed by atoms with Crippen molar-refractivity contribution in [3.63, 3.8) is 0 Å². The normalized spacial score (nSPS) is 20.4. The Morgan fingerprint density at radius 3 is 2.76 bits per heavy atom. The van der Waals surface area contributed by atoms with Gasteiger partial charge in [0.05, 0.1) is 12.4 Å². The van der Waals surface area contributed by atoms with E-state index in [9.17, 15) is 0 Å². The predicted molar refractivity (Wildman–Crippen MR) is 99.6 cm³/mol. The summed E-state index contributed by atoms with van der Waals surface area (Å²) in [6, 6.07) is 9.40. The lowest BCUT2D eigenvalue weighted by molar-refractivity contribution is 0.426. The molecule has 0 amide bonds. The maximum Gasteiger partial charge on any atom is 0.223 e. The Labute approximate surface area is 147 Å². The van der Waals surface area contributed by atoms with Crippen LogP contribution in [0.2, 0.25) is 0 Å². The molecule has 0 bridgehead atoms. The average molecular weight is 334 g/mol. The van der Waals surface area contributed by atoms with Gasteiger partial charge in [0, 0.05) is 17.8 Å². The molecular weight excluding hydrogens is 312 g/mol. The third-order valence-corrected chi connectivity index (χ3v) is 4.65. The van der Waals surface area contributed by atoms with E-state index in [4.69, 9.17) is 0 Å². The Kier molecular flexibility index (Phi) is 4.41. The number of benzene rings is 1. The van der Waals surface area contributed by atoms with Crippen molar-refractivity contribution in [3.05, 3.63) is 48.5 Å². The standard InChI is InChI=1S/C19H22N6/c1-13-4-2-5-14(8-13)23-15-6-3-7-16(9-15)24-19-21-11-17-18(25-19)10-20-12-22-17/h2,4-5,8,10-12,15-16,23H,3,6-7,9H2,1H3,(H,21,24,25). The predicted octanol–water partition coefficient (Wildman–Crippen LogP) is 3.56. The minimum absolute atomic E-state index is 0.373. The van der Waals surface area contributed by atoms with E-state index >= 15 is 0 Å². The van der Waals surface area contributed by atoms with Crippen LogP contribution in [0, 0.1) is 6.92 Å². The largest absolute Gasteiger partial charge is 0.382 e. The van der Waals surface area contributed by atoms with E-state index < -0.39 is 0 Å². The van der Waals surface area contributed by atoms with Crippen molar-refractivity contribution in [1.82, 2.24) is 19.9 Å². The van der Waals surface area contributed by atoms with Crippen LogP contribution in [0.3, 0.4) is 0 Å². The van der Waals surface area contributed by atoms with E-state index in [-0.39, 0.29) is 0 Å². The lowest BCUT2D eigenvalue weighted by Gasteiger charge is -2.31. The summed E-state index contributed by atoms with van der Waals surface area (Å²) in [6.07, 6.45) is 9.56. The summed E-state index contributed by atoms with van der Waals surface area (Å²) in [7, 11) is 0. The number of aromatic nitrogens is 4. The molecule has 2 aromatic heterocycles. The van der Waals surface area contributed by atoms with Crippen LogP contribution >= 0.6 is 0 Å². The lowest BCUT2D eigenvalue weighted by Crippen LogP contribution is -2.34. The summed E-state index contributed by atoms with van der Waals surface area (Å²) in [4.78, 5) is 17.1. The second kappa shape index (κ2) is 7.01. The molecule has 6 nitrogen and oxygen atoms in total. The van der Waals surface area contributed by atoms with Crippen molar-refractivity contribution in [3.8, 4) is 0 Å². The summed E-state index contributed by atoms with van der Waals surface area (Å²) < 4.78 is 0. The van der Waals surface area contributed by atoms with Gasteiger partial charge >= 0.3 is 0 Å². The molecule has 128 valence electrons. The van der Waals surface area contributed by atoms with Gasteiger partial charge in [-0.05, 0) is 50.3 Å². The molecule has 0 saturated heterocycles. The van der Waals surface area contributed by atoms with Crippen molar-refractivity contribution in [1.29, 1.82) is 0 Å². The van der Waals surface area contributed by atoms with Crippen molar-refractivity contribution in [2.24, 2.45) is 0 Å². The third-order valence-electron chi connectivity index (χ3n) is 4.65. The molecule has 0 radical (unpaired) electrons. The molecule has 0 aliphatic heterocycles. The summed E-state index contributed by atoms with van der Waals surface area (Å²) in [5.41, 5.74) is 4.01. The number of nitrogens with one attached hydrogen (secondary N) is 2. The second-order valence-electron chi connectivity index (χ2n) is 6.71. The van der Waals surface area contributed by atoms with E-state index in [1.54, 1.807) is 12.4 Å². The highest BCUT2D eigenvalue weighted by molar-refractivity contribution is 5.72. The molecule has 1 saturated carbocycles. The zero-order valence-corrected chi connectivity index (χ0v) is 14.3. The highest BCUT2D eigenvalue weighted by atomic mass is 15.1. The van der Waals surface area contributed by atoms with Crippen LogP contribution in [0.15, 0.2) is 43.0 Å². The van der Waals surface area contributed by atoms with Gasteiger partial charge in [0.25, 0.3) is 0 Å². The molecule has 3 aromatic rings. The Bertz CT molecular complexity index is 865. The molecule has 2 N–H and O–H groups in total. The van der Waals surface area contributed by atoms with Crippen LogP contribution in [0.1, 0.15) is 31.2 Å². The summed E-state index contributed by atoms with van der Waals surface area (Å²) in [5, 5.41) is 7.15. The molecule has 25 heavy (non-hydrogen) atoms. The van der Waals surface area contributed by atoms with Gasteiger partial charge in [0.2, 0.25) is 5.95 Å². The first kappa shape index (κ1) is 15.7. The fourth-order valence-electron chi connectivity index (χ4n) is 3.46. The van der Waals surface area contributed by atoms with Gasteiger partial charge in [-0.2, -0.15) is 0 Å². The molecule has 4 rings (SSSR count). The fraction of sp³-hybridized carbons (Fsp3) is 0.368. The van der Waals surface area contributed by atoms with E-state index in [2.05, 4.69) is 61.8 Å². The van der Waals surface area contributed by atoms with Crippen molar-refractivity contribution in [2.45, 2.75) is 44.7 Å². The van der Waals surface area contributed by atoms with Gasteiger partial charge in [-0.15, -0.1) is 0 Å². The van der Waals surface area contributed by atoms with Crippen molar-refractivity contribution in [2.75, 3.05) is 10.6 Å². The second-order valence-corrected chi connectivity index (χ2v) is 6.71. The van der Waals surface area contributed by atoms with Gasteiger partial charge in [-0.1, -0.05) is 12.1 Å². The first-order valence-corrected chi connectivity index (χ1v) is 8.79. The molecular formula is C19H22N6. The van der Waals surface area contributed by atoms with Crippen molar-refractivity contribution >= 4 is 22.7 Å². The molecule has 2 atom stereocenters. The highest BCUT2D eigenvalue weighted by Crippen LogP contribution is 2.24. The summed E-state index contributed by atoms with van der Waals surface area (Å²) in [5.74, 6) is 0.656. The number of hydrogen-bond acceptors (Lipinski definition) is 6. The Balaban J connectivity index is 1.42. The van der Waals surface area contributed by atoms with Gasteiger partial charge in [-0.25, -0.2) is 19.9 Å². The zero-order chi connectivity index (χ0) is 17.1. The molecule has 6 heteroatoms. The number of rotatable bonds is 4. The quantitative estimate of drug-likeness (QED) is 0.760. The topological polar surface area (TPSA) is 75.6 Å². The molecule has 2 unspecified atom stereocenters. The maximum atomic E-state index is 4.52. The van der Waals surface area contributed by atoms with Crippen LogP contribution in [0.5, 0.6) is 0 Å². The number of aryl methyl sites for hydroxylation is 1. The number of fused-ring (bicyclic) bond motifs is 1. The SMILES string of the molecule is Cc1cccc(NC2CCCC(Nc3ncc4ncncc4n3)C2)c1. The van der Waals surface area contributed by atoms with Crippen LogP contribution in [-0.2, 0) is 0 Å². The molecule has 1 aliphatic rings. The van der Waals surface area contributed by atoms with Gasteiger partial charge < -0.3 is 10.6 Å².